The zero-order valence-corrected chi connectivity index (χ0v) is 13.4. The van der Waals surface area contributed by atoms with Gasteiger partial charge in [-0.25, -0.2) is 9.59 Å². The number of nitrogens with zero attached hydrogens (tertiary/aromatic N) is 1. The summed E-state index contributed by atoms with van der Waals surface area (Å²) in [6.07, 6.45) is 1.40. The number of rotatable bonds is 4. The van der Waals surface area contributed by atoms with Crippen LogP contribution >= 0.6 is 0 Å². The highest BCUT2D eigenvalue weighted by Gasteiger charge is 2.38. The van der Waals surface area contributed by atoms with Crippen LogP contribution in [0.5, 0.6) is 0 Å². The lowest BCUT2D eigenvalue weighted by molar-refractivity contribution is -0.152. The van der Waals surface area contributed by atoms with Crippen molar-refractivity contribution < 1.29 is 24.2 Å². The largest absolute Gasteiger partial charge is 0.464 e. The first-order valence-corrected chi connectivity index (χ1v) is 7.59. The number of β-amino-alcohol motifs (C(OH)–C–C–N with tert-alkyl or cyclic N) is 1. The van der Waals surface area contributed by atoms with Crippen molar-refractivity contribution in [1.29, 1.82) is 0 Å². The third kappa shape index (κ3) is 5.91. The summed E-state index contributed by atoms with van der Waals surface area (Å²) in [6, 6.07) is -0.667. The first kappa shape index (κ1) is 17.8. The Kier molecular flexibility index (Phi) is 6.45. The maximum absolute atomic E-state index is 12.2. The summed E-state index contributed by atoms with van der Waals surface area (Å²) in [4.78, 5) is 25.6. The fraction of sp³-hybridized carbons (Fsp3) is 0.867. The monoisotopic (exact) mass is 301 g/mol. The van der Waals surface area contributed by atoms with E-state index in [-0.39, 0.29) is 6.54 Å². The van der Waals surface area contributed by atoms with Gasteiger partial charge >= 0.3 is 12.1 Å². The Morgan fingerprint density at radius 3 is 2.52 bits per heavy atom. The van der Waals surface area contributed by atoms with Gasteiger partial charge in [0.15, 0.2) is 0 Å². The molecule has 1 aliphatic rings. The van der Waals surface area contributed by atoms with Crippen molar-refractivity contribution in [3.8, 4) is 0 Å². The van der Waals surface area contributed by atoms with Crippen LogP contribution in [0.1, 0.15) is 53.4 Å². The van der Waals surface area contributed by atoms with Gasteiger partial charge in [0, 0.05) is 0 Å². The molecule has 1 saturated heterocycles. The normalized spacial score (nSPS) is 22.8. The Labute approximate surface area is 126 Å². The number of hydrogen-bond acceptors (Lipinski definition) is 5. The van der Waals surface area contributed by atoms with E-state index in [0.717, 1.165) is 12.8 Å². The molecule has 0 radical (unpaired) electrons. The van der Waals surface area contributed by atoms with E-state index in [9.17, 15) is 14.7 Å². The highest BCUT2D eigenvalue weighted by Crippen LogP contribution is 2.22. The zero-order valence-electron chi connectivity index (χ0n) is 13.4. The first-order valence-electron chi connectivity index (χ1n) is 7.59. The molecule has 0 spiro atoms. The molecule has 0 saturated carbocycles. The van der Waals surface area contributed by atoms with Gasteiger partial charge in [0.1, 0.15) is 11.6 Å². The van der Waals surface area contributed by atoms with E-state index in [1.807, 2.05) is 6.92 Å². The van der Waals surface area contributed by atoms with Crippen LogP contribution in [-0.4, -0.2) is 53.0 Å². The van der Waals surface area contributed by atoms with Gasteiger partial charge in [-0.15, -0.1) is 0 Å². The number of unbranched alkanes of at least 4 members (excludes halogenated alkanes) is 1. The van der Waals surface area contributed by atoms with Gasteiger partial charge in [-0.1, -0.05) is 13.3 Å². The molecule has 0 aromatic rings. The van der Waals surface area contributed by atoms with Crippen molar-refractivity contribution in [1.82, 2.24) is 4.90 Å². The third-order valence-corrected chi connectivity index (χ3v) is 3.20. The highest BCUT2D eigenvalue weighted by molar-refractivity contribution is 5.81. The Balaban J connectivity index is 2.70. The summed E-state index contributed by atoms with van der Waals surface area (Å²) in [5.41, 5.74) is -0.643. The second-order valence-electron chi connectivity index (χ2n) is 6.40. The summed E-state index contributed by atoms with van der Waals surface area (Å²) in [6.45, 7) is 7.76. The quantitative estimate of drug-likeness (QED) is 0.635. The number of aliphatic hydroxyl groups is 1. The van der Waals surface area contributed by atoms with Crippen LogP contribution in [0.15, 0.2) is 0 Å². The SMILES string of the molecule is CCCCOC(=O)C1CC[C@H](O)CN1C(=O)OC(C)(C)C. The van der Waals surface area contributed by atoms with Crippen LogP contribution < -0.4 is 0 Å². The maximum atomic E-state index is 12.2. The molecule has 6 nitrogen and oxygen atoms in total. The maximum Gasteiger partial charge on any atom is 0.411 e. The summed E-state index contributed by atoms with van der Waals surface area (Å²) in [5.74, 6) is -0.416. The van der Waals surface area contributed by atoms with E-state index in [4.69, 9.17) is 9.47 Å². The number of carbonyl (C=O) groups excluding carboxylic acids is 2. The Hall–Kier alpha value is -1.30. The van der Waals surface area contributed by atoms with Gasteiger partial charge < -0.3 is 14.6 Å². The molecule has 1 aliphatic heterocycles. The standard InChI is InChI=1S/C15H27NO5/c1-5-6-9-20-13(18)12-8-7-11(17)10-16(12)14(19)21-15(2,3)4/h11-12,17H,5-10H2,1-4H3/t11-,12?/m0/s1. The molecule has 1 unspecified atom stereocenters. The van der Waals surface area contributed by atoms with Crippen molar-refractivity contribution >= 4 is 12.1 Å². The average molecular weight is 301 g/mol. The van der Waals surface area contributed by atoms with Crippen LogP contribution in [0.25, 0.3) is 0 Å². The van der Waals surface area contributed by atoms with Crippen molar-refractivity contribution in [2.45, 2.75) is 71.1 Å². The lowest BCUT2D eigenvalue weighted by Gasteiger charge is -2.37. The summed E-state index contributed by atoms with van der Waals surface area (Å²) in [7, 11) is 0. The van der Waals surface area contributed by atoms with E-state index in [1.165, 1.54) is 4.90 Å². The van der Waals surface area contributed by atoms with Gasteiger partial charge in [0.2, 0.25) is 0 Å². The molecule has 1 N–H and O–H groups in total. The molecule has 0 aromatic heterocycles. The second kappa shape index (κ2) is 7.64. The minimum absolute atomic E-state index is 0.0997. The lowest BCUT2D eigenvalue weighted by Crippen LogP contribution is -2.53. The summed E-state index contributed by atoms with van der Waals surface area (Å²) < 4.78 is 10.5. The number of hydrogen-bond donors (Lipinski definition) is 1. The van der Waals surface area contributed by atoms with Gasteiger partial charge in [-0.2, -0.15) is 0 Å². The van der Waals surface area contributed by atoms with E-state index in [1.54, 1.807) is 20.8 Å². The summed E-state index contributed by atoms with van der Waals surface area (Å²) >= 11 is 0. The number of aliphatic hydroxyl groups excluding tert-OH is 1. The molecule has 0 bridgehead atoms. The third-order valence-electron chi connectivity index (χ3n) is 3.20. The Morgan fingerprint density at radius 1 is 1.29 bits per heavy atom. The highest BCUT2D eigenvalue weighted by atomic mass is 16.6. The van der Waals surface area contributed by atoms with Crippen molar-refractivity contribution in [2.75, 3.05) is 13.2 Å². The predicted molar refractivity (Wildman–Crippen MR) is 77.8 cm³/mol. The molecule has 122 valence electrons. The van der Waals surface area contributed by atoms with Gasteiger partial charge in [0.25, 0.3) is 0 Å². The van der Waals surface area contributed by atoms with Crippen LogP contribution in [0.3, 0.4) is 0 Å². The molecular weight excluding hydrogens is 274 g/mol. The number of piperidine rings is 1. The number of carbonyl (C=O) groups is 2. The molecule has 2 atom stereocenters. The molecule has 1 amide bonds. The van der Waals surface area contributed by atoms with Gasteiger partial charge in [-0.3, -0.25) is 4.90 Å². The van der Waals surface area contributed by atoms with Crippen LogP contribution in [-0.2, 0) is 14.3 Å². The smallest absolute Gasteiger partial charge is 0.411 e. The minimum atomic E-state index is -0.667. The van der Waals surface area contributed by atoms with Crippen LogP contribution in [0, 0.1) is 0 Å². The number of amides is 1. The van der Waals surface area contributed by atoms with Crippen molar-refractivity contribution in [3.05, 3.63) is 0 Å². The topological polar surface area (TPSA) is 76.1 Å². The zero-order chi connectivity index (χ0) is 16.0. The van der Waals surface area contributed by atoms with Crippen LogP contribution in [0.4, 0.5) is 4.79 Å². The summed E-state index contributed by atoms with van der Waals surface area (Å²) in [5, 5.41) is 9.74. The molecule has 1 heterocycles. The average Bonchev–Trinajstić information content (AvgIpc) is 2.36. The molecule has 0 aliphatic carbocycles. The lowest BCUT2D eigenvalue weighted by atomic mass is 10.0. The minimum Gasteiger partial charge on any atom is -0.464 e. The molecule has 6 heteroatoms. The van der Waals surface area contributed by atoms with E-state index >= 15 is 0 Å². The van der Waals surface area contributed by atoms with Crippen molar-refractivity contribution in [2.24, 2.45) is 0 Å². The fourth-order valence-electron chi connectivity index (χ4n) is 2.13. The van der Waals surface area contributed by atoms with Crippen LogP contribution in [0.2, 0.25) is 0 Å². The van der Waals surface area contributed by atoms with Gasteiger partial charge in [0.05, 0.1) is 19.3 Å². The Morgan fingerprint density at radius 2 is 1.95 bits per heavy atom. The number of ether oxygens (including phenoxy) is 2. The second-order valence-corrected chi connectivity index (χ2v) is 6.40. The first-order chi connectivity index (χ1) is 9.74. The van der Waals surface area contributed by atoms with E-state index in [0.29, 0.717) is 19.4 Å². The molecule has 1 rings (SSSR count). The molecule has 1 fully saturated rings. The predicted octanol–water partition coefficient (Wildman–Crippen LogP) is 2.09. The van der Waals surface area contributed by atoms with E-state index < -0.39 is 29.8 Å². The Bertz CT molecular complexity index is 364. The van der Waals surface area contributed by atoms with E-state index in [2.05, 4.69) is 0 Å². The number of esters is 1. The van der Waals surface area contributed by atoms with Gasteiger partial charge in [-0.05, 0) is 40.0 Å². The molecule has 21 heavy (non-hydrogen) atoms. The van der Waals surface area contributed by atoms with Crippen molar-refractivity contribution in [3.63, 3.8) is 0 Å². The molecular formula is C15H27NO5. The molecule has 0 aromatic carbocycles. The number of likely N-dealkylation sites (tertiary alicyclic amines) is 1. The fourth-order valence-corrected chi connectivity index (χ4v) is 2.13.